The van der Waals surface area contributed by atoms with Gasteiger partial charge in [0.05, 0.1) is 23.3 Å². The standard InChI is InChI=1S/C17H21N3S/c1-21-11-13-7-8-14-17(13)20-10-15(19-16(20)9-18-14)12-5-3-2-4-6-12/h7,9-10,12H,2-6,8,11H2,1H3. The smallest absolute Gasteiger partial charge is 0.156 e. The summed E-state index contributed by atoms with van der Waals surface area (Å²) in [6.45, 7) is 0. The highest BCUT2D eigenvalue weighted by atomic mass is 32.2. The number of nitrogens with zero attached hydrogens (tertiary/aromatic N) is 3. The number of imidazole rings is 1. The van der Waals surface area contributed by atoms with Gasteiger partial charge in [-0.3, -0.25) is 9.38 Å². The molecule has 0 amide bonds. The predicted molar refractivity (Wildman–Crippen MR) is 88.9 cm³/mol. The molecule has 1 saturated carbocycles. The van der Waals surface area contributed by atoms with E-state index in [-0.39, 0.29) is 0 Å². The van der Waals surface area contributed by atoms with E-state index in [1.807, 2.05) is 18.0 Å². The second-order valence-electron chi connectivity index (χ2n) is 6.15. The van der Waals surface area contributed by atoms with Gasteiger partial charge in [-0.1, -0.05) is 25.3 Å². The highest BCUT2D eigenvalue weighted by Gasteiger charge is 2.22. The molecule has 2 heterocycles. The first-order chi connectivity index (χ1) is 10.4. The predicted octanol–water partition coefficient (Wildman–Crippen LogP) is 4.08. The van der Waals surface area contributed by atoms with E-state index >= 15 is 0 Å². The van der Waals surface area contributed by atoms with E-state index in [0.29, 0.717) is 5.92 Å². The van der Waals surface area contributed by atoms with Gasteiger partial charge in [-0.15, -0.1) is 0 Å². The zero-order valence-corrected chi connectivity index (χ0v) is 13.3. The third-order valence-corrected chi connectivity index (χ3v) is 5.37. The van der Waals surface area contributed by atoms with Gasteiger partial charge in [-0.2, -0.15) is 11.8 Å². The third-order valence-electron chi connectivity index (χ3n) is 4.77. The Hall–Kier alpha value is -1.29. The topological polar surface area (TPSA) is 30.2 Å². The lowest BCUT2D eigenvalue weighted by Crippen LogP contribution is -2.04. The molecule has 0 aliphatic heterocycles. The number of fused-ring (bicyclic) bond motifs is 3. The molecule has 0 aromatic carbocycles. The highest BCUT2D eigenvalue weighted by molar-refractivity contribution is 7.99. The molecular weight excluding hydrogens is 278 g/mol. The maximum atomic E-state index is 4.87. The fraction of sp³-hybridized carbons (Fsp3) is 0.529. The van der Waals surface area contributed by atoms with E-state index in [2.05, 4.69) is 27.9 Å². The van der Waals surface area contributed by atoms with Gasteiger partial charge in [0.1, 0.15) is 0 Å². The Kier molecular flexibility index (Phi) is 3.49. The van der Waals surface area contributed by atoms with Crippen LogP contribution >= 0.6 is 11.8 Å². The van der Waals surface area contributed by atoms with Gasteiger partial charge in [0.2, 0.25) is 0 Å². The Labute approximate surface area is 129 Å². The van der Waals surface area contributed by atoms with Gasteiger partial charge in [0.25, 0.3) is 0 Å². The van der Waals surface area contributed by atoms with E-state index in [1.165, 1.54) is 54.8 Å². The van der Waals surface area contributed by atoms with Crippen LogP contribution < -0.4 is 0 Å². The largest absolute Gasteiger partial charge is 0.297 e. The maximum absolute atomic E-state index is 4.87. The van der Waals surface area contributed by atoms with Crippen LogP contribution in [0.5, 0.6) is 0 Å². The van der Waals surface area contributed by atoms with E-state index in [4.69, 9.17) is 4.98 Å². The molecule has 0 N–H and O–H groups in total. The van der Waals surface area contributed by atoms with E-state index in [0.717, 1.165) is 17.8 Å². The van der Waals surface area contributed by atoms with Crippen LogP contribution in [-0.2, 0) is 6.42 Å². The molecule has 110 valence electrons. The molecule has 0 spiro atoms. The zero-order valence-electron chi connectivity index (χ0n) is 12.5. The Morgan fingerprint density at radius 2 is 2.14 bits per heavy atom. The first-order valence-corrected chi connectivity index (χ1v) is 9.31. The zero-order chi connectivity index (χ0) is 14.2. The van der Waals surface area contributed by atoms with Crippen LogP contribution in [0.3, 0.4) is 0 Å². The van der Waals surface area contributed by atoms with Gasteiger partial charge in [0, 0.05) is 24.3 Å². The summed E-state index contributed by atoms with van der Waals surface area (Å²) < 4.78 is 2.29. The summed E-state index contributed by atoms with van der Waals surface area (Å²) in [5, 5.41) is 0. The molecule has 1 fully saturated rings. The quantitative estimate of drug-likeness (QED) is 0.855. The molecule has 2 aliphatic rings. The summed E-state index contributed by atoms with van der Waals surface area (Å²) in [7, 11) is 0. The first kappa shape index (κ1) is 13.4. The molecule has 0 unspecified atom stereocenters. The third kappa shape index (κ3) is 2.30. The molecule has 2 aromatic rings. The Balaban J connectivity index is 1.78. The van der Waals surface area contributed by atoms with E-state index in [1.54, 1.807) is 0 Å². The van der Waals surface area contributed by atoms with Crippen molar-refractivity contribution >= 4 is 23.0 Å². The summed E-state index contributed by atoms with van der Waals surface area (Å²) in [5.41, 5.74) is 6.22. The monoisotopic (exact) mass is 299 g/mol. The number of hydrogen-bond donors (Lipinski definition) is 0. The minimum absolute atomic E-state index is 0.656. The van der Waals surface area contributed by atoms with Crippen molar-refractivity contribution in [2.24, 2.45) is 0 Å². The normalized spacial score (nSPS) is 19.0. The summed E-state index contributed by atoms with van der Waals surface area (Å²) in [4.78, 5) is 9.51. The number of aromatic nitrogens is 3. The van der Waals surface area contributed by atoms with Crippen molar-refractivity contribution in [3.63, 3.8) is 0 Å². The lowest BCUT2D eigenvalue weighted by molar-refractivity contribution is 0.438. The highest BCUT2D eigenvalue weighted by Crippen LogP contribution is 2.34. The van der Waals surface area contributed by atoms with Crippen molar-refractivity contribution in [3.05, 3.63) is 35.6 Å². The Morgan fingerprint density at radius 3 is 2.95 bits per heavy atom. The molecule has 0 saturated heterocycles. The van der Waals surface area contributed by atoms with Crippen molar-refractivity contribution in [3.8, 4) is 0 Å². The number of thioether (sulfide) groups is 1. The van der Waals surface area contributed by atoms with Crippen LogP contribution in [0, 0.1) is 0 Å². The minimum atomic E-state index is 0.656. The molecule has 2 aliphatic carbocycles. The number of allylic oxidation sites excluding steroid dienone is 1. The van der Waals surface area contributed by atoms with Crippen LogP contribution in [0.1, 0.15) is 55.1 Å². The molecule has 21 heavy (non-hydrogen) atoms. The second kappa shape index (κ2) is 5.48. The first-order valence-electron chi connectivity index (χ1n) is 7.92. The lowest BCUT2D eigenvalue weighted by Gasteiger charge is -2.19. The molecule has 2 aromatic heterocycles. The average Bonchev–Trinajstić information content (AvgIpc) is 3.12. The van der Waals surface area contributed by atoms with Crippen molar-refractivity contribution in [2.45, 2.75) is 44.4 Å². The van der Waals surface area contributed by atoms with Crippen LogP contribution in [0.15, 0.2) is 18.5 Å². The van der Waals surface area contributed by atoms with E-state index < -0.39 is 0 Å². The number of rotatable bonds is 3. The van der Waals surface area contributed by atoms with Crippen LogP contribution in [0.25, 0.3) is 11.2 Å². The molecule has 4 rings (SSSR count). The minimum Gasteiger partial charge on any atom is -0.297 e. The molecule has 0 atom stereocenters. The molecule has 3 nitrogen and oxygen atoms in total. The van der Waals surface area contributed by atoms with Crippen LogP contribution in [0.2, 0.25) is 0 Å². The Bertz CT molecular complexity index is 695. The van der Waals surface area contributed by atoms with Crippen molar-refractivity contribution in [2.75, 3.05) is 12.0 Å². The van der Waals surface area contributed by atoms with Gasteiger partial charge in [0.15, 0.2) is 5.65 Å². The van der Waals surface area contributed by atoms with Gasteiger partial charge >= 0.3 is 0 Å². The van der Waals surface area contributed by atoms with Crippen molar-refractivity contribution in [1.29, 1.82) is 0 Å². The SMILES string of the molecule is CSCC1=CCc2ncc3nc(C4CCCCC4)cn3c21. The van der Waals surface area contributed by atoms with Crippen molar-refractivity contribution in [1.82, 2.24) is 14.4 Å². The fourth-order valence-electron chi connectivity index (χ4n) is 3.70. The maximum Gasteiger partial charge on any atom is 0.156 e. The summed E-state index contributed by atoms with van der Waals surface area (Å²) in [5.74, 6) is 1.72. The lowest BCUT2D eigenvalue weighted by atomic mass is 9.87. The molecule has 0 bridgehead atoms. The molecule has 0 radical (unpaired) electrons. The average molecular weight is 299 g/mol. The number of hydrogen-bond acceptors (Lipinski definition) is 3. The summed E-state index contributed by atoms with van der Waals surface area (Å²) in [6, 6.07) is 0. The second-order valence-corrected chi connectivity index (χ2v) is 7.01. The van der Waals surface area contributed by atoms with Crippen LogP contribution in [-0.4, -0.2) is 26.4 Å². The van der Waals surface area contributed by atoms with Gasteiger partial charge < -0.3 is 0 Å². The molecule has 4 heteroatoms. The van der Waals surface area contributed by atoms with E-state index in [9.17, 15) is 0 Å². The van der Waals surface area contributed by atoms with Gasteiger partial charge in [-0.05, 0) is 24.7 Å². The summed E-state index contributed by atoms with van der Waals surface area (Å²) in [6.07, 6.45) is 16.4. The summed E-state index contributed by atoms with van der Waals surface area (Å²) >= 11 is 1.88. The van der Waals surface area contributed by atoms with Crippen molar-refractivity contribution < 1.29 is 0 Å². The fourth-order valence-corrected chi connectivity index (χ4v) is 4.27. The van der Waals surface area contributed by atoms with Gasteiger partial charge in [-0.25, -0.2) is 4.98 Å². The Morgan fingerprint density at radius 1 is 1.29 bits per heavy atom. The van der Waals surface area contributed by atoms with Crippen LogP contribution in [0.4, 0.5) is 0 Å². The molecular formula is C17H21N3S.